The highest BCUT2D eigenvalue weighted by molar-refractivity contribution is 6.12. The standard InChI is InChI=1S/C28H28N2O2/c1-18(2)17-23-24(19-11-5-3-6-12-19)25(26(31)20-13-7-4-8-14-20)28(30-23)21-15-9-10-16-22(21)29-27(28)32/h3-16,18,23-25,30H,17H2,1-2H3,(H,29,32)/t23-,24-,25+,28-/m1/s1. The third-order valence-corrected chi connectivity index (χ3v) is 6.88. The molecule has 0 radical (unpaired) electrons. The van der Waals surface area contributed by atoms with Gasteiger partial charge in [-0.1, -0.05) is 92.7 Å². The van der Waals surface area contributed by atoms with Gasteiger partial charge in [-0.15, -0.1) is 0 Å². The van der Waals surface area contributed by atoms with Crippen molar-refractivity contribution in [2.45, 2.75) is 37.8 Å². The second kappa shape index (κ2) is 8.03. The van der Waals surface area contributed by atoms with Gasteiger partial charge in [-0.3, -0.25) is 14.9 Å². The number of hydrogen-bond donors (Lipinski definition) is 2. The number of Topliss-reactive ketones (excluding diaryl/α,β-unsaturated/α-hetero) is 1. The summed E-state index contributed by atoms with van der Waals surface area (Å²) >= 11 is 0. The van der Waals surface area contributed by atoms with Crippen LogP contribution in [0.5, 0.6) is 0 Å². The fourth-order valence-corrected chi connectivity index (χ4v) is 5.66. The van der Waals surface area contributed by atoms with Crippen LogP contribution >= 0.6 is 0 Å². The zero-order chi connectivity index (χ0) is 22.3. The highest BCUT2D eigenvalue weighted by Crippen LogP contribution is 2.54. The van der Waals surface area contributed by atoms with Crippen LogP contribution in [0.2, 0.25) is 0 Å². The Balaban J connectivity index is 1.74. The van der Waals surface area contributed by atoms with Crippen molar-refractivity contribution in [3.63, 3.8) is 0 Å². The van der Waals surface area contributed by atoms with Gasteiger partial charge in [-0.2, -0.15) is 0 Å². The first kappa shape index (κ1) is 20.7. The van der Waals surface area contributed by atoms with E-state index in [1.807, 2.05) is 72.8 Å². The summed E-state index contributed by atoms with van der Waals surface area (Å²) in [7, 11) is 0. The Morgan fingerprint density at radius 1 is 0.906 bits per heavy atom. The van der Waals surface area contributed by atoms with Crippen LogP contribution in [-0.4, -0.2) is 17.7 Å². The van der Waals surface area contributed by atoms with E-state index >= 15 is 0 Å². The lowest BCUT2D eigenvalue weighted by Gasteiger charge is -2.31. The molecule has 1 saturated heterocycles. The summed E-state index contributed by atoms with van der Waals surface area (Å²) in [6, 6.07) is 27.3. The van der Waals surface area contributed by atoms with Crippen molar-refractivity contribution in [2.75, 3.05) is 5.32 Å². The van der Waals surface area contributed by atoms with Gasteiger partial charge in [0.25, 0.3) is 0 Å². The minimum atomic E-state index is -1.09. The number of anilines is 1. The first-order chi connectivity index (χ1) is 15.5. The molecule has 3 aromatic carbocycles. The van der Waals surface area contributed by atoms with Crippen LogP contribution < -0.4 is 10.6 Å². The van der Waals surface area contributed by atoms with E-state index in [2.05, 4.69) is 36.6 Å². The molecule has 1 spiro atoms. The number of carbonyl (C=O) groups excluding carboxylic acids is 2. The molecule has 2 aliphatic heterocycles. The van der Waals surface area contributed by atoms with Gasteiger partial charge in [0, 0.05) is 28.8 Å². The Bertz CT molecular complexity index is 1140. The van der Waals surface area contributed by atoms with Gasteiger partial charge in [-0.05, 0) is 24.0 Å². The van der Waals surface area contributed by atoms with Crippen LogP contribution in [0.15, 0.2) is 84.9 Å². The molecule has 1 fully saturated rings. The first-order valence-corrected chi connectivity index (χ1v) is 11.3. The summed E-state index contributed by atoms with van der Waals surface area (Å²) in [6.45, 7) is 4.37. The number of nitrogens with one attached hydrogen (secondary N) is 2. The third kappa shape index (κ3) is 3.18. The Kier molecular flexibility index (Phi) is 5.18. The van der Waals surface area contributed by atoms with Gasteiger partial charge < -0.3 is 5.32 Å². The first-order valence-electron chi connectivity index (χ1n) is 11.3. The van der Waals surface area contributed by atoms with Crippen LogP contribution in [0, 0.1) is 11.8 Å². The summed E-state index contributed by atoms with van der Waals surface area (Å²) in [6.07, 6.45) is 0.870. The summed E-state index contributed by atoms with van der Waals surface area (Å²) in [5.41, 5.74) is 2.29. The van der Waals surface area contributed by atoms with Crippen molar-refractivity contribution in [1.29, 1.82) is 0 Å². The molecule has 3 aromatic rings. The average molecular weight is 425 g/mol. The van der Waals surface area contributed by atoms with Gasteiger partial charge in [0.1, 0.15) is 5.54 Å². The third-order valence-electron chi connectivity index (χ3n) is 6.88. The van der Waals surface area contributed by atoms with Crippen LogP contribution in [0.1, 0.15) is 47.7 Å². The average Bonchev–Trinajstić information content (AvgIpc) is 3.29. The molecular formula is C28H28N2O2. The maximum atomic E-state index is 14.2. The van der Waals surface area contributed by atoms with Crippen molar-refractivity contribution >= 4 is 17.4 Å². The second-order valence-corrected chi connectivity index (χ2v) is 9.33. The number of benzene rings is 3. The van der Waals surface area contributed by atoms with Crippen LogP contribution in [0.25, 0.3) is 0 Å². The number of fused-ring (bicyclic) bond motifs is 2. The molecule has 4 heteroatoms. The maximum Gasteiger partial charge on any atom is 0.250 e. The van der Waals surface area contributed by atoms with Crippen molar-refractivity contribution in [3.05, 3.63) is 102 Å². The molecule has 2 N–H and O–H groups in total. The van der Waals surface area contributed by atoms with E-state index in [4.69, 9.17) is 0 Å². The van der Waals surface area contributed by atoms with E-state index < -0.39 is 11.5 Å². The molecular weight excluding hydrogens is 396 g/mol. The van der Waals surface area contributed by atoms with E-state index in [0.29, 0.717) is 11.5 Å². The summed E-state index contributed by atoms with van der Waals surface area (Å²) in [5.74, 6) is -0.394. The number of amides is 1. The molecule has 1 amide bonds. The fourth-order valence-electron chi connectivity index (χ4n) is 5.66. The summed E-state index contributed by atoms with van der Waals surface area (Å²) in [4.78, 5) is 27.8. The molecule has 0 bridgehead atoms. The molecule has 32 heavy (non-hydrogen) atoms. The smallest absolute Gasteiger partial charge is 0.250 e. The SMILES string of the molecule is CC(C)C[C@H]1N[C@@]2(C(=O)Nc3ccccc32)[C@H](C(=O)c2ccccc2)[C@@H]1c1ccccc1. The van der Waals surface area contributed by atoms with Crippen molar-refractivity contribution in [1.82, 2.24) is 5.32 Å². The minimum absolute atomic E-state index is 0.00469. The van der Waals surface area contributed by atoms with Gasteiger partial charge in [0.05, 0.1) is 5.92 Å². The number of ketones is 1. The molecule has 162 valence electrons. The van der Waals surface area contributed by atoms with Crippen molar-refractivity contribution in [2.24, 2.45) is 11.8 Å². The molecule has 0 saturated carbocycles. The molecule has 0 aliphatic carbocycles. The number of para-hydroxylation sites is 1. The van der Waals surface area contributed by atoms with Gasteiger partial charge >= 0.3 is 0 Å². The molecule has 0 unspecified atom stereocenters. The lowest BCUT2D eigenvalue weighted by Crippen LogP contribution is -2.51. The van der Waals surface area contributed by atoms with Crippen molar-refractivity contribution < 1.29 is 9.59 Å². The molecule has 2 heterocycles. The van der Waals surface area contributed by atoms with E-state index in [9.17, 15) is 9.59 Å². The predicted molar refractivity (Wildman–Crippen MR) is 127 cm³/mol. The van der Waals surface area contributed by atoms with Crippen LogP contribution in [-0.2, 0) is 10.3 Å². The lowest BCUT2D eigenvalue weighted by atomic mass is 9.69. The van der Waals surface area contributed by atoms with E-state index in [0.717, 1.165) is 23.2 Å². The van der Waals surface area contributed by atoms with E-state index in [1.54, 1.807) is 0 Å². The largest absolute Gasteiger partial charge is 0.324 e. The minimum Gasteiger partial charge on any atom is -0.324 e. The normalized spacial score (nSPS) is 26.3. The van der Waals surface area contributed by atoms with Crippen molar-refractivity contribution in [3.8, 4) is 0 Å². The monoisotopic (exact) mass is 424 g/mol. The van der Waals surface area contributed by atoms with Crippen LogP contribution in [0.3, 0.4) is 0 Å². The predicted octanol–water partition coefficient (Wildman–Crippen LogP) is 5.13. The van der Waals surface area contributed by atoms with E-state index in [-0.39, 0.29) is 23.7 Å². The van der Waals surface area contributed by atoms with Gasteiger partial charge in [-0.25, -0.2) is 0 Å². The summed E-state index contributed by atoms with van der Waals surface area (Å²) < 4.78 is 0. The molecule has 2 aliphatic rings. The highest BCUT2D eigenvalue weighted by Gasteiger charge is 2.64. The topological polar surface area (TPSA) is 58.2 Å². The Morgan fingerprint density at radius 2 is 1.53 bits per heavy atom. The van der Waals surface area contributed by atoms with Gasteiger partial charge in [0.15, 0.2) is 5.78 Å². The Labute approximate surface area is 189 Å². The lowest BCUT2D eigenvalue weighted by molar-refractivity contribution is -0.122. The van der Waals surface area contributed by atoms with E-state index in [1.165, 1.54) is 0 Å². The zero-order valence-corrected chi connectivity index (χ0v) is 18.4. The zero-order valence-electron chi connectivity index (χ0n) is 18.4. The number of rotatable bonds is 5. The van der Waals surface area contributed by atoms with Gasteiger partial charge in [0.2, 0.25) is 5.91 Å². The van der Waals surface area contributed by atoms with Crippen LogP contribution in [0.4, 0.5) is 5.69 Å². The number of hydrogen-bond acceptors (Lipinski definition) is 3. The second-order valence-electron chi connectivity index (χ2n) is 9.33. The molecule has 5 rings (SSSR count). The summed E-state index contributed by atoms with van der Waals surface area (Å²) in [5, 5.41) is 6.78. The maximum absolute atomic E-state index is 14.2. The quantitative estimate of drug-likeness (QED) is 0.558. The molecule has 4 atom stereocenters. The molecule has 0 aromatic heterocycles. The Morgan fingerprint density at radius 3 is 2.22 bits per heavy atom. The number of carbonyl (C=O) groups is 2. The fraction of sp³-hybridized carbons (Fsp3) is 0.286. The molecule has 4 nitrogen and oxygen atoms in total. The highest BCUT2D eigenvalue weighted by atomic mass is 16.2. The Hall–Kier alpha value is -3.24.